The molecule has 3 saturated heterocycles. The molecule has 3 heterocycles. The third-order valence-corrected chi connectivity index (χ3v) is 2.19. The van der Waals surface area contributed by atoms with E-state index in [-0.39, 0.29) is 11.9 Å². The Balaban J connectivity index is 1.73. The van der Waals surface area contributed by atoms with E-state index in [0.717, 1.165) is 12.8 Å². The van der Waals surface area contributed by atoms with E-state index in [4.69, 9.17) is 14.2 Å². The van der Waals surface area contributed by atoms with Crippen molar-refractivity contribution >= 4 is 0 Å². The van der Waals surface area contributed by atoms with Gasteiger partial charge in [0.2, 0.25) is 0 Å². The van der Waals surface area contributed by atoms with Gasteiger partial charge < -0.3 is 4.74 Å². The normalized spacial score (nSPS) is 65.7. The Morgan fingerprint density at radius 2 is 2.22 bits per heavy atom. The van der Waals surface area contributed by atoms with Crippen molar-refractivity contribution < 1.29 is 14.2 Å². The summed E-state index contributed by atoms with van der Waals surface area (Å²) in [6.07, 6.45) is 2.43. The van der Waals surface area contributed by atoms with Crippen LogP contribution in [0.4, 0.5) is 0 Å². The number of hydrogen-bond acceptors (Lipinski definition) is 3. The highest BCUT2D eigenvalue weighted by atomic mass is 17.2. The smallest absolute Gasteiger partial charge is 0.313 e. The molecule has 3 rings (SSSR count). The van der Waals surface area contributed by atoms with Crippen molar-refractivity contribution in [1.82, 2.24) is 0 Å². The Morgan fingerprint density at radius 1 is 1.44 bits per heavy atom. The van der Waals surface area contributed by atoms with Gasteiger partial charge in [-0.15, -0.1) is 0 Å². The van der Waals surface area contributed by atoms with Crippen molar-refractivity contribution in [3.63, 3.8) is 0 Å². The third kappa shape index (κ3) is 0.286. The lowest BCUT2D eigenvalue weighted by Gasteiger charge is -2.13. The van der Waals surface area contributed by atoms with Gasteiger partial charge in [0.1, 0.15) is 6.10 Å². The molecule has 9 heavy (non-hydrogen) atoms. The van der Waals surface area contributed by atoms with E-state index in [9.17, 15) is 0 Å². The molecule has 0 radical (unpaired) electrons. The van der Waals surface area contributed by atoms with Gasteiger partial charge in [0.25, 0.3) is 5.79 Å². The molecule has 0 aromatic rings. The topological polar surface area (TPSA) is 34.3 Å². The SMILES string of the molecule is CCCC1OC23OC12O3. The zero-order chi connectivity index (χ0) is 6.11. The zero-order valence-corrected chi connectivity index (χ0v) is 5.22. The molecule has 1 atom stereocenters. The van der Waals surface area contributed by atoms with Gasteiger partial charge in [-0.1, -0.05) is 13.3 Å². The van der Waals surface area contributed by atoms with Gasteiger partial charge in [0.05, 0.1) is 0 Å². The maximum Gasteiger partial charge on any atom is 0.349 e. The molecule has 50 valence electrons. The molecule has 3 aliphatic heterocycles. The second-order valence-corrected chi connectivity index (χ2v) is 2.82. The second kappa shape index (κ2) is 0.944. The fourth-order valence-corrected chi connectivity index (χ4v) is 1.53. The van der Waals surface area contributed by atoms with Crippen LogP contribution < -0.4 is 0 Å². The summed E-state index contributed by atoms with van der Waals surface area (Å²) in [6.45, 7) is 2.13. The van der Waals surface area contributed by atoms with Crippen molar-refractivity contribution in [2.45, 2.75) is 37.6 Å². The van der Waals surface area contributed by atoms with Crippen LogP contribution in [0.3, 0.4) is 0 Å². The summed E-state index contributed by atoms with van der Waals surface area (Å²) < 4.78 is 15.5. The van der Waals surface area contributed by atoms with Crippen LogP contribution in [0, 0.1) is 0 Å². The Bertz CT molecular complexity index is 171. The van der Waals surface area contributed by atoms with Crippen LogP contribution in [0.25, 0.3) is 0 Å². The van der Waals surface area contributed by atoms with Crippen LogP contribution in [0.15, 0.2) is 0 Å². The molecule has 0 aromatic carbocycles. The minimum Gasteiger partial charge on any atom is -0.313 e. The summed E-state index contributed by atoms with van der Waals surface area (Å²) in [4.78, 5) is 0. The predicted octanol–water partition coefficient (Wildman–Crippen LogP) is 0.596. The van der Waals surface area contributed by atoms with Crippen molar-refractivity contribution in [1.29, 1.82) is 0 Å². The number of epoxide rings is 2. The fraction of sp³-hybridized carbons (Fsp3) is 1.00. The molecule has 1 unspecified atom stereocenters. The molecule has 0 spiro atoms. The van der Waals surface area contributed by atoms with Gasteiger partial charge in [-0.05, 0) is 6.42 Å². The van der Waals surface area contributed by atoms with Crippen molar-refractivity contribution in [3.8, 4) is 0 Å². The van der Waals surface area contributed by atoms with Gasteiger partial charge in [-0.2, -0.15) is 0 Å². The Morgan fingerprint density at radius 3 is 2.56 bits per heavy atom. The molecule has 3 nitrogen and oxygen atoms in total. The van der Waals surface area contributed by atoms with E-state index >= 15 is 0 Å². The third-order valence-electron chi connectivity index (χ3n) is 2.19. The lowest BCUT2D eigenvalue weighted by Crippen LogP contribution is -2.33. The molecule has 0 amide bonds. The lowest BCUT2D eigenvalue weighted by molar-refractivity contribution is -0.143. The Labute approximate surface area is 52.9 Å². The molecule has 0 aliphatic carbocycles. The van der Waals surface area contributed by atoms with Gasteiger partial charge in [0, 0.05) is 0 Å². The van der Waals surface area contributed by atoms with Crippen molar-refractivity contribution in [2.75, 3.05) is 0 Å². The van der Waals surface area contributed by atoms with Crippen LogP contribution in [0.5, 0.6) is 0 Å². The number of rotatable bonds is 2. The summed E-state index contributed by atoms with van der Waals surface area (Å²) in [5.74, 6) is -0.712. The average Bonchev–Trinajstić information content (AvgIpc) is 2.40. The maximum atomic E-state index is 5.26. The number of hydrogen-bond donors (Lipinski definition) is 0. The van der Waals surface area contributed by atoms with Gasteiger partial charge >= 0.3 is 5.97 Å². The van der Waals surface area contributed by atoms with Crippen LogP contribution in [-0.4, -0.2) is 17.9 Å². The van der Waals surface area contributed by atoms with E-state index in [1.54, 1.807) is 0 Å². The van der Waals surface area contributed by atoms with E-state index in [1.807, 2.05) is 0 Å². The van der Waals surface area contributed by atoms with Crippen LogP contribution in [0.1, 0.15) is 19.8 Å². The molecule has 3 fully saturated rings. The van der Waals surface area contributed by atoms with Crippen LogP contribution in [0.2, 0.25) is 0 Å². The molecular weight excluding hydrogens is 120 g/mol. The first-order chi connectivity index (χ1) is 4.33. The second-order valence-electron chi connectivity index (χ2n) is 2.82. The van der Waals surface area contributed by atoms with E-state index in [1.165, 1.54) is 0 Å². The van der Waals surface area contributed by atoms with E-state index < -0.39 is 5.97 Å². The monoisotopic (exact) mass is 128 g/mol. The van der Waals surface area contributed by atoms with Crippen LogP contribution >= 0.6 is 0 Å². The highest BCUT2D eigenvalue weighted by molar-refractivity contribution is 5.24. The first-order valence-corrected chi connectivity index (χ1v) is 3.41. The molecule has 0 bridgehead atoms. The fourth-order valence-electron chi connectivity index (χ4n) is 1.53. The largest absolute Gasteiger partial charge is 0.349 e. The van der Waals surface area contributed by atoms with E-state index in [0.29, 0.717) is 0 Å². The minimum absolute atomic E-state index is 0.219. The van der Waals surface area contributed by atoms with Crippen molar-refractivity contribution in [3.05, 3.63) is 0 Å². The van der Waals surface area contributed by atoms with Gasteiger partial charge in [-0.3, -0.25) is 9.47 Å². The maximum absolute atomic E-state index is 5.26. The Kier molecular flexibility index (Phi) is 0.488. The first-order valence-electron chi connectivity index (χ1n) is 3.41. The molecule has 3 heteroatoms. The van der Waals surface area contributed by atoms with Crippen molar-refractivity contribution in [2.24, 2.45) is 0 Å². The zero-order valence-electron chi connectivity index (χ0n) is 5.22. The highest BCUT2D eigenvalue weighted by Gasteiger charge is 3.05. The summed E-state index contributed by atoms with van der Waals surface area (Å²) in [7, 11) is 0. The predicted molar refractivity (Wildman–Crippen MR) is 27.4 cm³/mol. The number of ether oxygens (including phenoxy) is 3. The summed E-state index contributed by atoms with van der Waals surface area (Å²) in [5.41, 5.74) is 0. The molecule has 0 aromatic heterocycles. The summed E-state index contributed by atoms with van der Waals surface area (Å²) in [6, 6.07) is 0. The first kappa shape index (κ1) is 4.66. The molecule has 0 N–H and O–H groups in total. The standard InChI is InChI=1S/C6H8O3/c1-2-3-4-5-6(7-4,8-5)9-5/h4H,2-3H2,1H3. The van der Waals surface area contributed by atoms with Crippen LogP contribution in [-0.2, 0) is 14.2 Å². The molecule has 0 saturated carbocycles. The summed E-state index contributed by atoms with van der Waals surface area (Å²) >= 11 is 0. The lowest BCUT2D eigenvalue weighted by atomic mass is 10.1. The van der Waals surface area contributed by atoms with Gasteiger partial charge in [-0.25, -0.2) is 0 Å². The molecule has 3 aliphatic rings. The quantitative estimate of drug-likeness (QED) is 0.510. The van der Waals surface area contributed by atoms with E-state index in [2.05, 4.69) is 6.92 Å². The average molecular weight is 128 g/mol. The molecular formula is C6H8O3. The minimum atomic E-state index is -0.493. The summed E-state index contributed by atoms with van der Waals surface area (Å²) in [5, 5.41) is 0. The van der Waals surface area contributed by atoms with Gasteiger partial charge in [0.15, 0.2) is 0 Å². The highest BCUT2D eigenvalue weighted by Crippen LogP contribution is 2.79. The Hall–Kier alpha value is -0.120.